The Bertz CT molecular complexity index is 533. The lowest BCUT2D eigenvalue weighted by Gasteiger charge is -2.07. The minimum absolute atomic E-state index is 0.191. The smallest absolute Gasteiger partial charge is 0.137 e. The molecule has 0 aliphatic carbocycles. The highest BCUT2D eigenvalue weighted by atomic mass is 79.9. The number of aryl methyl sites for hydroxylation is 1. The summed E-state index contributed by atoms with van der Waals surface area (Å²) >= 11 is 3.15. The summed E-state index contributed by atoms with van der Waals surface area (Å²) in [6.45, 7) is 2.92. The third kappa shape index (κ3) is 3.85. The van der Waals surface area contributed by atoms with E-state index in [2.05, 4.69) is 21.2 Å². The number of hydrogen-bond donors (Lipinski definition) is 1. The molecule has 0 aliphatic rings. The third-order valence-corrected chi connectivity index (χ3v) is 3.49. The summed E-state index contributed by atoms with van der Waals surface area (Å²) in [5.41, 5.74) is 2.51. The summed E-state index contributed by atoms with van der Waals surface area (Å²) in [5, 5.41) is 3.20. The van der Waals surface area contributed by atoms with Gasteiger partial charge in [0.05, 0.1) is 4.47 Å². The fraction of sp³-hybridized carbons (Fsp3) is 0.200. The Labute approximate surface area is 119 Å². The van der Waals surface area contributed by atoms with Crippen LogP contribution in [0.3, 0.4) is 0 Å². The minimum Gasteiger partial charge on any atom is -0.309 e. The predicted octanol–water partition coefficient (Wildman–Crippen LogP) is 4.33. The van der Waals surface area contributed by atoms with Gasteiger partial charge in [0.2, 0.25) is 0 Å². The van der Waals surface area contributed by atoms with E-state index in [-0.39, 0.29) is 11.6 Å². The van der Waals surface area contributed by atoms with E-state index in [1.54, 1.807) is 25.1 Å². The average Bonchev–Trinajstić information content (AvgIpc) is 2.38. The van der Waals surface area contributed by atoms with Crippen molar-refractivity contribution in [2.45, 2.75) is 20.0 Å². The fourth-order valence-corrected chi connectivity index (χ4v) is 2.17. The Kier molecular flexibility index (Phi) is 4.66. The third-order valence-electron chi connectivity index (χ3n) is 2.88. The van der Waals surface area contributed by atoms with Gasteiger partial charge in [-0.05, 0) is 57.7 Å². The van der Waals surface area contributed by atoms with Crippen LogP contribution in [0.1, 0.15) is 16.7 Å². The molecule has 0 saturated heterocycles. The molecule has 2 aromatic rings. The molecule has 1 nitrogen and oxygen atoms in total. The number of halogens is 3. The van der Waals surface area contributed by atoms with Crippen LogP contribution in [0.5, 0.6) is 0 Å². The summed E-state index contributed by atoms with van der Waals surface area (Å²) in [6, 6.07) is 10.1. The van der Waals surface area contributed by atoms with Gasteiger partial charge in [0.25, 0.3) is 0 Å². The SMILES string of the molecule is Cc1ccc(CNCc2ccc(F)c(Br)c2)cc1F. The monoisotopic (exact) mass is 325 g/mol. The first kappa shape index (κ1) is 14.2. The Morgan fingerprint density at radius 3 is 2.21 bits per heavy atom. The highest BCUT2D eigenvalue weighted by Gasteiger charge is 2.02. The van der Waals surface area contributed by atoms with Crippen LogP contribution in [0.25, 0.3) is 0 Å². The van der Waals surface area contributed by atoms with Crippen LogP contribution in [-0.4, -0.2) is 0 Å². The Hall–Kier alpha value is -1.26. The van der Waals surface area contributed by atoms with Crippen molar-refractivity contribution in [1.29, 1.82) is 0 Å². The van der Waals surface area contributed by atoms with Crippen LogP contribution in [0.4, 0.5) is 8.78 Å². The van der Waals surface area contributed by atoms with E-state index in [4.69, 9.17) is 0 Å². The first-order chi connectivity index (χ1) is 9.06. The maximum absolute atomic E-state index is 13.4. The van der Waals surface area contributed by atoms with Crippen molar-refractivity contribution in [2.24, 2.45) is 0 Å². The van der Waals surface area contributed by atoms with Crippen LogP contribution >= 0.6 is 15.9 Å². The topological polar surface area (TPSA) is 12.0 Å². The van der Waals surface area contributed by atoms with Gasteiger partial charge in [-0.15, -0.1) is 0 Å². The zero-order valence-corrected chi connectivity index (χ0v) is 12.1. The van der Waals surface area contributed by atoms with Crippen molar-refractivity contribution in [2.75, 3.05) is 0 Å². The number of benzene rings is 2. The van der Waals surface area contributed by atoms with E-state index >= 15 is 0 Å². The molecule has 0 saturated carbocycles. The Morgan fingerprint density at radius 2 is 1.58 bits per heavy atom. The van der Waals surface area contributed by atoms with Crippen LogP contribution in [0.15, 0.2) is 40.9 Å². The molecule has 0 atom stereocenters. The van der Waals surface area contributed by atoms with Crippen molar-refractivity contribution in [3.05, 3.63) is 69.2 Å². The number of hydrogen-bond acceptors (Lipinski definition) is 1. The number of nitrogens with one attached hydrogen (secondary N) is 1. The van der Waals surface area contributed by atoms with Crippen LogP contribution in [0.2, 0.25) is 0 Å². The minimum atomic E-state index is -0.274. The summed E-state index contributed by atoms with van der Waals surface area (Å²) in [6.07, 6.45) is 0. The lowest BCUT2D eigenvalue weighted by Crippen LogP contribution is -2.13. The molecule has 19 heavy (non-hydrogen) atoms. The fourth-order valence-electron chi connectivity index (χ4n) is 1.75. The van der Waals surface area contributed by atoms with E-state index in [0.717, 1.165) is 11.1 Å². The van der Waals surface area contributed by atoms with Crippen molar-refractivity contribution in [3.63, 3.8) is 0 Å². The highest BCUT2D eigenvalue weighted by molar-refractivity contribution is 9.10. The summed E-state index contributed by atoms with van der Waals surface area (Å²) in [7, 11) is 0. The van der Waals surface area contributed by atoms with Gasteiger partial charge in [-0.3, -0.25) is 0 Å². The van der Waals surface area contributed by atoms with Gasteiger partial charge in [-0.1, -0.05) is 18.2 Å². The molecule has 0 aliphatic heterocycles. The standard InChI is InChI=1S/C15H14BrF2N/c1-10-2-3-12(7-15(10)18)9-19-8-11-4-5-14(17)13(16)6-11/h2-7,19H,8-9H2,1H3. The zero-order valence-electron chi connectivity index (χ0n) is 10.5. The first-order valence-electron chi connectivity index (χ1n) is 5.96. The van der Waals surface area contributed by atoms with E-state index in [9.17, 15) is 8.78 Å². The van der Waals surface area contributed by atoms with E-state index in [1.165, 1.54) is 12.1 Å². The first-order valence-corrected chi connectivity index (χ1v) is 6.75. The van der Waals surface area contributed by atoms with Crippen LogP contribution in [0, 0.1) is 18.6 Å². The molecule has 2 rings (SSSR count). The molecule has 0 amide bonds. The lowest BCUT2D eigenvalue weighted by molar-refractivity contribution is 0.609. The molecule has 0 radical (unpaired) electrons. The average molecular weight is 326 g/mol. The predicted molar refractivity (Wildman–Crippen MR) is 75.8 cm³/mol. The van der Waals surface area contributed by atoms with Crippen LogP contribution in [-0.2, 0) is 13.1 Å². The van der Waals surface area contributed by atoms with E-state index < -0.39 is 0 Å². The van der Waals surface area contributed by atoms with Gasteiger partial charge in [-0.2, -0.15) is 0 Å². The lowest BCUT2D eigenvalue weighted by atomic mass is 10.1. The van der Waals surface area contributed by atoms with Gasteiger partial charge >= 0.3 is 0 Å². The summed E-state index contributed by atoms with van der Waals surface area (Å²) in [5.74, 6) is -0.465. The maximum atomic E-state index is 13.4. The molecule has 2 aromatic carbocycles. The summed E-state index contributed by atoms with van der Waals surface area (Å²) < 4.78 is 26.9. The second-order valence-corrected chi connectivity index (χ2v) is 5.29. The Morgan fingerprint density at radius 1 is 0.947 bits per heavy atom. The van der Waals surface area contributed by atoms with Crippen molar-refractivity contribution in [1.82, 2.24) is 5.32 Å². The largest absolute Gasteiger partial charge is 0.309 e. The molecule has 4 heteroatoms. The van der Waals surface area contributed by atoms with Gasteiger partial charge in [0.15, 0.2) is 0 Å². The molecular formula is C15H14BrF2N. The normalized spacial score (nSPS) is 10.7. The van der Waals surface area contributed by atoms with Crippen LogP contribution < -0.4 is 5.32 Å². The second kappa shape index (κ2) is 6.26. The molecule has 100 valence electrons. The molecule has 0 fully saturated rings. The van der Waals surface area contributed by atoms with Gasteiger partial charge in [0, 0.05) is 13.1 Å². The van der Waals surface area contributed by atoms with Gasteiger partial charge in [-0.25, -0.2) is 8.78 Å². The quantitative estimate of drug-likeness (QED) is 0.882. The highest BCUT2D eigenvalue weighted by Crippen LogP contribution is 2.17. The van der Waals surface area contributed by atoms with Crippen molar-refractivity contribution < 1.29 is 8.78 Å². The molecule has 0 heterocycles. The zero-order chi connectivity index (χ0) is 13.8. The molecule has 0 unspecified atom stereocenters. The molecule has 0 spiro atoms. The molecule has 0 aromatic heterocycles. The Balaban J connectivity index is 1.92. The van der Waals surface area contributed by atoms with E-state index in [1.807, 2.05) is 6.07 Å². The number of rotatable bonds is 4. The molecular weight excluding hydrogens is 312 g/mol. The van der Waals surface area contributed by atoms with Crippen molar-refractivity contribution >= 4 is 15.9 Å². The summed E-state index contributed by atoms with van der Waals surface area (Å²) in [4.78, 5) is 0. The van der Waals surface area contributed by atoms with Crippen molar-refractivity contribution in [3.8, 4) is 0 Å². The molecule has 1 N–H and O–H groups in total. The maximum Gasteiger partial charge on any atom is 0.137 e. The van der Waals surface area contributed by atoms with Gasteiger partial charge < -0.3 is 5.32 Å². The second-order valence-electron chi connectivity index (χ2n) is 4.44. The molecule has 0 bridgehead atoms. The van der Waals surface area contributed by atoms with E-state index in [0.29, 0.717) is 23.1 Å². The van der Waals surface area contributed by atoms with Gasteiger partial charge in [0.1, 0.15) is 11.6 Å².